The van der Waals surface area contributed by atoms with Gasteiger partial charge in [0.25, 0.3) is 0 Å². The van der Waals surface area contributed by atoms with Gasteiger partial charge in [0, 0.05) is 36.7 Å². The predicted octanol–water partition coefficient (Wildman–Crippen LogP) is 3.66. The summed E-state index contributed by atoms with van der Waals surface area (Å²) in [6.07, 6.45) is 0.832. The molecule has 0 saturated heterocycles. The lowest BCUT2D eigenvalue weighted by atomic mass is 10.0. The van der Waals surface area contributed by atoms with Crippen molar-refractivity contribution >= 4 is 11.6 Å². The molecule has 3 rings (SSSR count). The van der Waals surface area contributed by atoms with Gasteiger partial charge in [0.1, 0.15) is 11.6 Å². The van der Waals surface area contributed by atoms with Gasteiger partial charge in [-0.15, -0.1) is 0 Å². The minimum atomic E-state index is -0.600. The molecule has 0 radical (unpaired) electrons. The highest BCUT2D eigenvalue weighted by molar-refractivity contribution is 5.92. The number of halogens is 2. The van der Waals surface area contributed by atoms with E-state index in [2.05, 4.69) is 10.3 Å². The predicted molar refractivity (Wildman–Crippen MR) is 96.9 cm³/mol. The van der Waals surface area contributed by atoms with Crippen molar-refractivity contribution in [1.82, 2.24) is 0 Å². The van der Waals surface area contributed by atoms with Crippen molar-refractivity contribution in [2.24, 2.45) is 10.7 Å². The SMILES string of the molecule is CC(CN=C(N)Nc1ccc2c(c1)OCCCO2)c1ccc(F)cc1F. The summed E-state index contributed by atoms with van der Waals surface area (Å²) in [4.78, 5) is 4.24. The average molecular weight is 361 g/mol. The van der Waals surface area contributed by atoms with E-state index in [1.54, 1.807) is 13.0 Å². The summed E-state index contributed by atoms with van der Waals surface area (Å²) in [5.74, 6) is 0.138. The van der Waals surface area contributed by atoms with Gasteiger partial charge in [-0.2, -0.15) is 0 Å². The van der Waals surface area contributed by atoms with E-state index in [9.17, 15) is 8.78 Å². The summed E-state index contributed by atoms with van der Waals surface area (Å²) in [6.45, 7) is 3.30. The number of nitrogens with zero attached hydrogens (tertiary/aromatic N) is 1. The van der Waals surface area contributed by atoms with Crippen LogP contribution in [0.4, 0.5) is 14.5 Å². The van der Waals surface area contributed by atoms with Crippen molar-refractivity contribution in [3.63, 3.8) is 0 Å². The molecule has 3 N–H and O–H groups in total. The van der Waals surface area contributed by atoms with Gasteiger partial charge in [0.15, 0.2) is 17.5 Å². The highest BCUT2D eigenvalue weighted by atomic mass is 19.1. The first kappa shape index (κ1) is 18.0. The standard InChI is InChI=1S/C19H21F2N3O2/c1-12(15-5-3-13(20)9-16(15)21)11-23-19(22)24-14-4-6-17-18(10-14)26-8-2-7-25-17/h3-6,9-10,12H,2,7-8,11H2,1H3,(H3,22,23,24). The van der Waals surface area contributed by atoms with Gasteiger partial charge in [0.2, 0.25) is 0 Å². The molecule has 1 aliphatic heterocycles. The number of hydrogen-bond acceptors (Lipinski definition) is 3. The fourth-order valence-electron chi connectivity index (χ4n) is 2.66. The Hall–Kier alpha value is -2.83. The third-order valence-electron chi connectivity index (χ3n) is 4.05. The second kappa shape index (κ2) is 8.03. The quantitative estimate of drug-likeness (QED) is 0.644. The number of nitrogens with one attached hydrogen (secondary N) is 1. The number of aliphatic imine (C=N–C) groups is 1. The van der Waals surface area contributed by atoms with Crippen molar-refractivity contribution in [2.75, 3.05) is 25.1 Å². The zero-order valence-corrected chi connectivity index (χ0v) is 14.5. The van der Waals surface area contributed by atoms with Gasteiger partial charge in [0.05, 0.1) is 13.2 Å². The molecule has 0 amide bonds. The molecule has 0 aromatic heterocycles. The molecule has 0 saturated carbocycles. The topological polar surface area (TPSA) is 68.9 Å². The zero-order valence-electron chi connectivity index (χ0n) is 14.5. The van der Waals surface area contributed by atoms with E-state index in [4.69, 9.17) is 15.2 Å². The van der Waals surface area contributed by atoms with Crippen LogP contribution in [-0.2, 0) is 0 Å². The van der Waals surface area contributed by atoms with Crippen molar-refractivity contribution in [1.29, 1.82) is 0 Å². The molecular formula is C19H21F2N3O2. The van der Waals surface area contributed by atoms with Crippen LogP contribution >= 0.6 is 0 Å². The molecule has 1 aliphatic rings. The highest BCUT2D eigenvalue weighted by Crippen LogP contribution is 2.32. The molecule has 138 valence electrons. The van der Waals surface area contributed by atoms with E-state index in [1.807, 2.05) is 12.1 Å². The Kier molecular flexibility index (Phi) is 5.55. The second-order valence-corrected chi connectivity index (χ2v) is 6.13. The van der Waals surface area contributed by atoms with E-state index in [1.165, 1.54) is 12.1 Å². The van der Waals surface area contributed by atoms with Gasteiger partial charge in [-0.3, -0.25) is 4.99 Å². The maximum absolute atomic E-state index is 13.8. The molecule has 26 heavy (non-hydrogen) atoms. The lowest BCUT2D eigenvalue weighted by molar-refractivity contribution is 0.297. The van der Waals surface area contributed by atoms with E-state index >= 15 is 0 Å². The lowest BCUT2D eigenvalue weighted by Crippen LogP contribution is -2.23. The van der Waals surface area contributed by atoms with Gasteiger partial charge in [-0.25, -0.2) is 8.78 Å². The molecule has 5 nitrogen and oxygen atoms in total. The fourth-order valence-corrected chi connectivity index (χ4v) is 2.66. The van der Waals surface area contributed by atoms with Crippen molar-refractivity contribution < 1.29 is 18.3 Å². The molecule has 2 aromatic carbocycles. The van der Waals surface area contributed by atoms with Crippen molar-refractivity contribution in [3.05, 3.63) is 53.6 Å². The molecular weight excluding hydrogens is 340 g/mol. The van der Waals surface area contributed by atoms with Crippen LogP contribution in [0.2, 0.25) is 0 Å². The number of fused-ring (bicyclic) bond motifs is 1. The molecule has 2 aromatic rings. The Morgan fingerprint density at radius 3 is 2.69 bits per heavy atom. The maximum atomic E-state index is 13.8. The highest BCUT2D eigenvalue weighted by Gasteiger charge is 2.13. The van der Waals surface area contributed by atoms with Crippen molar-refractivity contribution in [2.45, 2.75) is 19.3 Å². The summed E-state index contributed by atoms with van der Waals surface area (Å²) in [5, 5.41) is 2.98. The summed E-state index contributed by atoms with van der Waals surface area (Å²) < 4.78 is 38.0. The normalized spacial score (nSPS) is 15.3. The molecule has 7 heteroatoms. The average Bonchev–Trinajstić information content (AvgIpc) is 2.84. The summed E-state index contributed by atoms with van der Waals surface area (Å²) in [7, 11) is 0. The van der Waals surface area contributed by atoms with Crippen LogP contribution in [0.1, 0.15) is 24.8 Å². The molecule has 1 atom stereocenters. The largest absolute Gasteiger partial charge is 0.490 e. The Morgan fingerprint density at radius 2 is 1.92 bits per heavy atom. The number of guanidine groups is 1. The van der Waals surface area contributed by atoms with E-state index < -0.39 is 11.6 Å². The third kappa shape index (κ3) is 4.41. The molecule has 0 spiro atoms. The minimum absolute atomic E-state index is 0.203. The van der Waals surface area contributed by atoms with Crippen molar-refractivity contribution in [3.8, 4) is 11.5 Å². The van der Waals surface area contributed by atoms with Crippen LogP contribution in [0.3, 0.4) is 0 Å². The number of benzene rings is 2. The summed E-state index contributed by atoms with van der Waals surface area (Å²) >= 11 is 0. The van der Waals surface area contributed by atoms with Gasteiger partial charge < -0.3 is 20.5 Å². The number of hydrogen-bond donors (Lipinski definition) is 2. The number of rotatable bonds is 4. The van der Waals surface area contributed by atoms with Crippen LogP contribution < -0.4 is 20.5 Å². The maximum Gasteiger partial charge on any atom is 0.193 e. The molecule has 1 heterocycles. The first-order valence-corrected chi connectivity index (χ1v) is 8.44. The molecule has 0 bridgehead atoms. The summed E-state index contributed by atoms with van der Waals surface area (Å²) in [5.41, 5.74) is 7.03. The second-order valence-electron chi connectivity index (χ2n) is 6.13. The smallest absolute Gasteiger partial charge is 0.193 e. The summed E-state index contributed by atoms with van der Waals surface area (Å²) in [6, 6.07) is 8.96. The molecule has 1 unspecified atom stereocenters. The zero-order chi connectivity index (χ0) is 18.5. The number of nitrogens with two attached hydrogens (primary N) is 1. The van der Waals surface area contributed by atoms with Crippen LogP contribution in [0.25, 0.3) is 0 Å². The van der Waals surface area contributed by atoms with Gasteiger partial charge in [-0.05, 0) is 23.8 Å². The minimum Gasteiger partial charge on any atom is -0.490 e. The van der Waals surface area contributed by atoms with E-state index in [0.717, 1.165) is 18.2 Å². The Bertz CT molecular complexity index is 811. The Balaban J connectivity index is 1.64. The first-order valence-electron chi connectivity index (χ1n) is 8.44. The first-order chi connectivity index (χ1) is 12.5. The fraction of sp³-hybridized carbons (Fsp3) is 0.316. The molecule has 0 aliphatic carbocycles. The molecule has 0 fully saturated rings. The van der Waals surface area contributed by atoms with Crippen LogP contribution in [0.5, 0.6) is 11.5 Å². The third-order valence-corrected chi connectivity index (χ3v) is 4.05. The van der Waals surface area contributed by atoms with E-state index in [-0.39, 0.29) is 18.4 Å². The van der Waals surface area contributed by atoms with Crippen LogP contribution in [0, 0.1) is 11.6 Å². The van der Waals surface area contributed by atoms with Crippen LogP contribution in [-0.4, -0.2) is 25.7 Å². The lowest BCUT2D eigenvalue weighted by Gasteiger charge is -2.13. The Labute approximate surface area is 150 Å². The Morgan fingerprint density at radius 1 is 1.15 bits per heavy atom. The monoisotopic (exact) mass is 361 g/mol. The van der Waals surface area contributed by atoms with E-state index in [0.29, 0.717) is 30.3 Å². The number of ether oxygens (including phenoxy) is 2. The van der Waals surface area contributed by atoms with Gasteiger partial charge in [-0.1, -0.05) is 13.0 Å². The van der Waals surface area contributed by atoms with Crippen LogP contribution in [0.15, 0.2) is 41.4 Å². The number of anilines is 1. The van der Waals surface area contributed by atoms with Gasteiger partial charge >= 0.3 is 0 Å².